The number of rotatable bonds is 11. The van der Waals surface area contributed by atoms with E-state index in [2.05, 4.69) is 72.8 Å². The van der Waals surface area contributed by atoms with Crippen LogP contribution in [0.5, 0.6) is 0 Å². The van der Waals surface area contributed by atoms with Crippen molar-refractivity contribution < 1.29 is 98.6 Å². The van der Waals surface area contributed by atoms with Crippen molar-refractivity contribution in [1.29, 1.82) is 0 Å². The van der Waals surface area contributed by atoms with Gasteiger partial charge in [-0.1, -0.05) is 0 Å². The number of hydroxylamine groups is 2. The zero-order chi connectivity index (χ0) is 42.9. The third-order valence-electron chi connectivity index (χ3n) is 4.06. The van der Waals surface area contributed by atoms with E-state index >= 15 is 0 Å². The fraction of sp³-hybridized carbons (Fsp3) is 0.619. The number of ether oxygens (including phenoxy) is 2. The van der Waals surface area contributed by atoms with Crippen LogP contribution in [0, 0.1) is 0 Å². The zero-order valence-corrected chi connectivity index (χ0v) is 32.4. The Morgan fingerprint density at radius 3 is 0.904 bits per heavy atom. The van der Waals surface area contributed by atoms with E-state index < -0.39 is 69.4 Å². The van der Waals surface area contributed by atoms with Crippen molar-refractivity contribution in [2.45, 2.75) is 12.8 Å². The van der Waals surface area contributed by atoms with Crippen LogP contribution in [0.2, 0.25) is 0 Å². The van der Waals surface area contributed by atoms with Gasteiger partial charge in [0.25, 0.3) is 17.7 Å². The number of methoxy groups -OCH3 is 2. The maximum Gasteiger partial charge on any atom is 0.336 e. The highest BCUT2D eigenvalue weighted by molar-refractivity contribution is 7.55. The monoisotopic (exact) mass is 797 g/mol. The Labute approximate surface area is 308 Å². The number of hydrogen-bond acceptors (Lipinski definition) is 20. The maximum atomic E-state index is 11.0. The van der Waals surface area contributed by atoms with E-state index in [4.69, 9.17) is 25.6 Å². The van der Waals surface area contributed by atoms with E-state index in [1.54, 1.807) is 0 Å². The molecule has 1 aliphatic heterocycles. The number of carboxylic acid groups (broad SMARTS) is 1. The molecular formula is C21H36B6NO21P3. The van der Waals surface area contributed by atoms with Gasteiger partial charge in [0, 0.05) is 62.2 Å². The summed E-state index contributed by atoms with van der Waals surface area (Å²) in [5.74, 6) is -5.05. The van der Waals surface area contributed by atoms with Gasteiger partial charge in [-0.05, 0) is 0 Å². The largest absolute Gasteiger partial charge is 0.490 e. The van der Waals surface area contributed by atoms with Crippen LogP contribution in [0.3, 0.4) is 0 Å². The van der Waals surface area contributed by atoms with E-state index in [1.165, 1.54) is 63.5 Å². The summed E-state index contributed by atoms with van der Waals surface area (Å²) in [6.45, 7) is 1.41. The van der Waals surface area contributed by atoms with Crippen LogP contribution < -0.4 is 0 Å². The van der Waals surface area contributed by atoms with Gasteiger partial charge in [-0.3, -0.25) is 42.5 Å². The van der Waals surface area contributed by atoms with Gasteiger partial charge in [-0.2, -0.15) is 0 Å². The molecule has 0 aromatic carbocycles. The maximum absolute atomic E-state index is 11.0. The summed E-state index contributed by atoms with van der Waals surface area (Å²) in [6, 6.07) is 0. The minimum Gasteiger partial charge on any atom is -0.490 e. The molecule has 1 heterocycles. The molecule has 22 nitrogen and oxygen atoms in total. The summed E-state index contributed by atoms with van der Waals surface area (Å²) in [6.07, 6.45) is -0.599. The number of amides is 2. The van der Waals surface area contributed by atoms with Crippen LogP contribution >= 0.6 is 22.8 Å². The van der Waals surface area contributed by atoms with Crippen LogP contribution in [0.25, 0.3) is 0 Å². The highest BCUT2D eigenvalue weighted by Crippen LogP contribution is 2.46. The number of imide groups is 1. The van der Waals surface area contributed by atoms with Crippen molar-refractivity contribution in [3.8, 4) is 0 Å². The molecule has 0 aromatic rings. The molecule has 31 heteroatoms. The first-order valence-corrected chi connectivity index (χ1v) is 18.2. The van der Waals surface area contributed by atoms with Gasteiger partial charge in [0.1, 0.15) is 0 Å². The second-order valence-corrected chi connectivity index (χ2v) is 14.5. The quantitative estimate of drug-likeness (QED) is 0.169. The Morgan fingerprint density at radius 1 is 0.577 bits per heavy atom. The molecule has 1 saturated heterocycles. The van der Waals surface area contributed by atoms with Crippen LogP contribution in [-0.2, 0) is 74.3 Å². The minimum absolute atomic E-state index is 0.0755. The normalized spacial score (nSPS) is 11.4. The first-order chi connectivity index (χ1) is 23.6. The molecule has 0 saturated carbocycles. The van der Waals surface area contributed by atoms with Crippen molar-refractivity contribution in [2.24, 2.45) is 0 Å². The molecule has 1 N–H and O–H groups in total. The summed E-state index contributed by atoms with van der Waals surface area (Å²) in [5, 5.41) is 7.59. The molecular weight excluding hydrogens is 760 g/mol. The number of carbonyl (C=O) groups is 8. The predicted molar refractivity (Wildman–Crippen MR) is 185 cm³/mol. The first kappa shape index (κ1) is 61.2. The number of hydrogen-bond donors (Lipinski definition) is 1. The molecule has 1 aliphatic rings. The van der Waals surface area contributed by atoms with Gasteiger partial charge >= 0.3 is 22.8 Å². The molecule has 2 amide bonds. The summed E-state index contributed by atoms with van der Waals surface area (Å²) < 4.78 is 66.9. The lowest BCUT2D eigenvalue weighted by Crippen LogP contribution is -2.31. The van der Waals surface area contributed by atoms with Crippen molar-refractivity contribution in [1.82, 2.24) is 5.06 Å². The highest BCUT2D eigenvalue weighted by Gasteiger charge is 2.31. The van der Waals surface area contributed by atoms with Crippen molar-refractivity contribution in [2.75, 3.05) is 75.9 Å². The smallest absolute Gasteiger partial charge is 0.336 e. The predicted octanol–water partition coefficient (Wildman–Crippen LogP) is 0.468. The van der Waals surface area contributed by atoms with Gasteiger partial charge in [0.05, 0.1) is 37.9 Å². The average molecular weight is 796 g/mol. The molecule has 284 valence electrons. The lowest BCUT2D eigenvalue weighted by atomic mass is 10.1. The van der Waals surface area contributed by atoms with Gasteiger partial charge < -0.3 is 56.1 Å². The second kappa shape index (κ2) is 35.2. The molecule has 0 atom stereocenters. The summed E-state index contributed by atoms with van der Waals surface area (Å²) in [7, 11) is 27.9. The number of carbonyl (C=O) groups excluding carboxylic acids is 7. The summed E-state index contributed by atoms with van der Waals surface area (Å²) in [5.41, 5.74) is -1.40. The standard InChI is InChI=1S/C5H4BNO4.2C4H8BO4P.C3H9O3P.2C2H3BO2.CHBO2/c6-5(10)11-7-3(8)1-2-4(7)9;2*1-8-10(7,9-2)3-4(5)6;1-5-7(3,4)6-2;2*1-5-2(3)4;2-1(3)4/h1-2H2;2*3H2,1-2H3;1-3H3;2*1H3;(H,3,4). The van der Waals surface area contributed by atoms with E-state index in [1.807, 2.05) is 0 Å². The van der Waals surface area contributed by atoms with Crippen molar-refractivity contribution >= 4 is 117 Å². The number of nitrogens with zero attached hydrogens (tertiary/aromatic N) is 1. The lowest BCUT2D eigenvalue weighted by Gasteiger charge is -2.10. The molecule has 1 rings (SSSR count). The van der Waals surface area contributed by atoms with E-state index in [-0.39, 0.29) is 25.2 Å². The fourth-order valence-electron chi connectivity index (χ4n) is 1.61. The Hall–Kier alpha value is -2.80. The van der Waals surface area contributed by atoms with Gasteiger partial charge in [-0.25, -0.2) is 0 Å². The Balaban J connectivity index is -0.000000122. The van der Waals surface area contributed by atoms with Gasteiger partial charge in [0.15, 0.2) is 15.7 Å². The fourth-order valence-corrected chi connectivity index (χ4v) is 3.34. The highest BCUT2D eigenvalue weighted by atomic mass is 31.2. The molecule has 1 fully saturated rings. The topological polar surface area (TPSA) is 294 Å². The van der Waals surface area contributed by atoms with Crippen LogP contribution in [0.15, 0.2) is 0 Å². The third-order valence-corrected chi connectivity index (χ3v) is 9.01. The van der Waals surface area contributed by atoms with Crippen molar-refractivity contribution in [3.05, 3.63) is 0 Å². The first-order valence-electron chi connectivity index (χ1n) is 12.7. The van der Waals surface area contributed by atoms with E-state index in [0.717, 1.165) is 0 Å². The summed E-state index contributed by atoms with van der Waals surface area (Å²) in [4.78, 5) is 83.6. The Kier molecular flexibility index (Phi) is 41.5. The van der Waals surface area contributed by atoms with E-state index in [0.29, 0.717) is 5.06 Å². The third kappa shape index (κ3) is 47.2. The van der Waals surface area contributed by atoms with Crippen LogP contribution in [-0.4, -0.2) is 180 Å². The molecule has 0 aliphatic carbocycles. The molecule has 52 heavy (non-hydrogen) atoms. The molecule has 0 aromatic heterocycles. The Morgan fingerprint density at radius 2 is 0.808 bits per heavy atom. The SMILES string of the molecule is COP(C)(=O)OC.[B]C(=O)CP(=O)(OC)OC.[B]C(=O)CP(=O)(OC)OC.[B]C(=O)O.[B]C(=O)OC.[B]C(=O)OC.[B]C(=O)ON1C(=O)CCC1=O. The molecule has 0 unspecified atom stereocenters. The lowest BCUT2D eigenvalue weighted by molar-refractivity contribution is -0.169. The average Bonchev–Trinajstić information content (AvgIpc) is 3.36. The van der Waals surface area contributed by atoms with Gasteiger partial charge in [0.2, 0.25) is 49.0 Å². The summed E-state index contributed by atoms with van der Waals surface area (Å²) >= 11 is 0. The Bertz CT molecular complexity index is 1180. The second-order valence-electron chi connectivity index (χ2n) is 7.71. The van der Waals surface area contributed by atoms with E-state index in [9.17, 15) is 47.3 Å². The molecule has 0 bridgehead atoms. The van der Waals surface area contributed by atoms with Gasteiger partial charge in [-0.15, -0.1) is 5.06 Å². The van der Waals surface area contributed by atoms with Crippen LogP contribution in [0.1, 0.15) is 12.8 Å². The van der Waals surface area contributed by atoms with Crippen LogP contribution in [0.4, 0.5) is 19.2 Å². The minimum atomic E-state index is -3.21. The molecule has 0 spiro atoms. The van der Waals surface area contributed by atoms with Crippen molar-refractivity contribution in [3.63, 3.8) is 0 Å². The molecule has 12 radical (unpaired) electrons. The zero-order valence-electron chi connectivity index (χ0n) is 29.7.